The number of H-pyrrole nitrogens is 1. The van der Waals surface area contributed by atoms with E-state index in [0.717, 1.165) is 32.1 Å². The first-order chi connectivity index (χ1) is 18.3. The molecule has 2 heterocycles. The second-order valence-electron chi connectivity index (χ2n) is 10.5. The van der Waals surface area contributed by atoms with Crippen LogP contribution in [0.5, 0.6) is 5.75 Å². The average molecular weight is 524 g/mol. The second-order valence-corrected chi connectivity index (χ2v) is 10.5. The molecule has 2 saturated carbocycles. The van der Waals surface area contributed by atoms with E-state index in [1.54, 1.807) is 6.07 Å². The molecule has 3 aromatic rings. The number of hydrogen-bond donors (Lipinski definition) is 3. The zero-order valence-corrected chi connectivity index (χ0v) is 22.0. The number of amides is 2. The number of benzene rings is 1. The molecule has 0 radical (unpaired) electrons. The quantitative estimate of drug-likeness (QED) is 0.391. The van der Waals surface area contributed by atoms with Crippen LogP contribution in [-0.2, 0) is 9.53 Å². The predicted molar refractivity (Wildman–Crippen MR) is 140 cm³/mol. The standard InChI is InChI=1S/C28H34FN5O4/c1-15-10-19(7-8-21(15)34-23(35)13-37-3)33-28(36)24-16(2)32-27-25(30-14-31-26(24)27)20-11-18(29)6-9-22(20)38-12-17-4-5-17/h6,9,11,14-15,17,19,21,32H,4-5,7-8,10,12-13H2,1-3H3,(H,33,36)(H,34,35)/t15-,19-,21-/m1/s1. The van der Waals surface area contributed by atoms with E-state index in [4.69, 9.17) is 9.47 Å². The van der Waals surface area contributed by atoms with Gasteiger partial charge in [0, 0.05) is 30.5 Å². The molecule has 2 aliphatic rings. The van der Waals surface area contributed by atoms with Crippen LogP contribution in [0.25, 0.3) is 22.3 Å². The van der Waals surface area contributed by atoms with Crippen LogP contribution in [0.3, 0.4) is 0 Å². The van der Waals surface area contributed by atoms with Crippen LogP contribution >= 0.6 is 0 Å². The Morgan fingerprint density at radius 1 is 1.16 bits per heavy atom. The maximum atomic E-state index is 14.3. The minimum absolute atomic E-state index is 0.0237. The number of methoxy groups -OCH3 is 1. The number of nitrogens with one attached hydrogen (secondary N) is 3. The molecule has 0 bridgehead atoms. The molecular weight excluding hydrogens is 489 g/mol. The first-order valence-electron chi connectivity index (χ1n) is 13.2. The first-order valence-corrected chi connectivity index (χ1v) is 13.2. The summed E-state index contributed by atoms with van der Waals surface area (Å²) in [6.07, 6.45) is 5.95. The molecule has 5 rings (SSSR count). The largest absolute Gasteiger partial charge is 0.493 e. The molecule has 0 aliphatic heterocycles. The number of carbonyl (C=O) groups excluding carboxylic acids is 2. The summed E-state index contributed by atoms with van der Waals surface area (Å²) in [6, 6.07) is 4.44. The monoisotopic (exact) mass is 523 g/mol. The van der Waals surface area contributed by atoms with Crippen LogP contribution in [0.15, 0.2) is 24.5 Å². The third-order valence-electron chi connectivity index (χ3n) is 7.49. The van der Waals surface area contributed by atoms with Crippen LogP contribution in [0.4, 0.5) is 4.39 Å². The van der Waals surface area contributed by atoms with Gasteiger partial charge in [-0.1, -0.05) is 6.92 Å². The number of rotatable bonds is 9. The highest BCUT2D eigenvalue weighted by Crippen LogP contribution is 2.37. The van der Waals surface area contributed by atoms with Gasteiger partial charge < -0.3 is 25.1 Å². The van der Waals surface area contributed by atoms with E-state index < -0.39 is 5.82 Å². The van der Waals surface area contributed by atoms with E-state index >= 15 is 0 Å². The Labute approximate surface area is 220 Å². The van der Waals surface area contributed by atoms with Crippen molar-refractivity contribution < 1.29 is 23.5 Å². The van der Waals surface area contributed by atoms with E-state index in [0.29, 0.717) is 51.8 Å². The van der Waals surface area contributed by atoms with Crippen molar-refractivity contribution in [3.8, 4) is 17.0 Å². The van der Waals surface area contributed by atoms with Gasteiger partial charge in [0.2, 0.25) is 5.91 Å². The summed E-state index contributed by atoms with van der Waals surface area (Å²) in [5.74, 6) is 0.559. The number of aryl methyl sites for hydroxylation is 1. The third kappa shape index (κ3) is 5.65. The van der Waals surface area contributed by atoms with Crippen molar-refractivity contribution in [1.29, 1.82) is 0 Å². The Morgan fingerprint density at radius 3 is 2.71 bits per heavy atom. The molecule has 3 atom stereocenters. The number of carbonyl (C=O) groups is 2. The maximum absolute atomic E-state index is 14.3. The Morgan fingerprint density at radius 2 is 1.97 bits per heavy atom. The minimum atomic E-state index is -0.394. The van der Waals surface area contributed by atoms with Crippen molar-refractivity contribution in [2.24, 2.45) is 11.8 Å². The molecule has 0 spiro atoms. The molecule has 10 heteroatoms. The number of fused-ring (bicyclic) bond motifs is 1. The summed E-state index contributed by atoms with van der Waals surface area (Å²) in [5, 5.41) is 6.18. The van der Waals surface area contributed by atoms with Crippen molar-refractivity contribution in [2.75, 3.05) is 20.3 Å². The van der Waals surface area contributed by atoms with Crippen LogP contribution < -0.4 is 15.4 Å². The molecule has 0 unspecified atom stereocenters. The number of halogens is 1. The third-order valence-corrected chi connectivity index (χ3v) is 7.49. The Kier molecular flexibility index (Phi) is 7.60. The molecule has 2 aromatic heterocycles. The van der Waals surface area contributed by atoms with Crippen LogP contribution in [-0.4, -0.2) is 59.2 Å². The molecule has 2 amide bonds. The van der Waals surface area contributed by atoms with Gasteiger partial charge in [-0.25, -0.2) is 14.4 Å². The average Bonchev–Trinajstić information content (AvgIpc) is 3.64. The zero-order chi connectivity index (χ0) is 26.8. The van der Waals surface area contributed by atoms with Gasteiger partial charge in [-0.15, -0.1) is 0 Å². The summed E-state index contributed by atoms with van der Waals surface area (Å²) < 4.78 is 25.2. The SMILES string of the molecule is COCC(=O)N[C@@H]1CC[C@@H](NC(=O)c2c(C)[nH]c3c(-c4cc(F)ccc4OCC4CC4)ncnc23)C[C@H]1C. The fourth-order valence-corrected chi connectivity index (χ4v) is 5.29. The highest BCUT2D eigenvalue weighted by molar-refractivity contribution is 6.09. The van der Waals surface area contributed by atoms with Crippen molar-refractivity contribution in [1.82, 2.24) is 25.6 Å². The number of ether oxygens (including phenoxy) is 2. The fraction of sp³-hybridized carbons (Fsp3) is 0.500. The first kappa shape index (κ1) is 26.1. The molecule has 2 aliphatic carbocycles. The Balaban J connectivity index is 1.35. The highest BCUT2D eigenvalue weighted by atomic mass is 19.1. The summed E-state index contributed by atoms with van der Waals surface area (Å²) >= 11 is 0. The van der Waals surface area contributed by atoms with Gasteiger partial charge in [-0.05, 0) is 69.1 Å². The van der Waals surface area contributed by atoms with E-state index in [1.165, 1.54) is 25.6 Å². The van der Waals surface area contributed by atoms with Gasteiger partial charge in [-0.2, -0.15) is 0 Å². The smallest absolute Gasteiger partial charge is 0.255 e. The lowest BCUT2D eigenvalue weighted by Crippen LogP contribution is -2.48. The molecule has 38 heavy (non-hydrogen) atoms. The summed E-state index contributed by atoms with van der Waals surface area (Å²) in [7, 11) is 1.50. The van der Waals surface area contributed by atoms with Gasteiger partial charge in [0.05, 0.1) is 17.7 Å². The fourth-order valence-electron chi connectivity index (χ4n) is 5.29. The Hall–Kier alpha value is -3.53. The summed E-state index contributed by atoms with van der Waals surface area (Å²) in [4.78, 5) is 37.5. The highest BCUT2D eigenvalue weighted by Gasteiger charge is 2.31. The van der Waals surface area contributed by atoms with Gasteiger partial charge in [0.15, 0.2) is 0 Å². The zero-order valence-electron chi connectivity index (χ0n) is 22.0. The second kappa shape index (κ2) is 11.1. The summed E-state index contributed by atoms with van der Waals surface area (Å²) in [5.41, 5.74) is 3.16. The normalized spacial score (nSPS) is 21.3. The van der Waals surface area contributed by atoms with E-state index in [2.05, 4.69) is 32.5 Å². The molecule has 1 aromatic carbocycles. The molecule has 202 valence electrons. The van der Waals surface area contributed by atoms with Crippen molar-refractivity contribution in [3.05, 3.63) is 41.6 Å². The van der Waals surface area contributed by atoms with Crippen molar-refractivity contribution in [3.63, 3.8) is 0 Å². The lowest BCUT2D eigenvalue weighted by Gasteiger charge is -2.35. The van der Waals surface area contributed by atoms with Gasteiger partial charge >= 0.3 is 0 Å². The van der Waals surface area contributed by atoms with Gasteiger partial charge in [0.25, 0.3) is 5.91 Å². The molecule has 3 N–H and O–H groups in total. The van der Waals surface area contributed by atoms with E-state index in [9.17, 15) is 14.0 Å². The number of aromatic amines is 1. The lowest BCUT2D eigenvalue weighted by molar-refractivity contribution is -0.126. The predicted octanol–water partition coefficient (Wildman–Crippen LogP) is 3.91. The number of hydrogen-bond acceptors (Lipinski definition) is 6. The Bertz CT molecular complexity index is 1340. The van der Waals surface area contributed by atoms with Crippen LogP contribution in [0, 0.1) is 24.6 Å². The van der Waals surface area contributed by atoms with E-state index in [-0.39, 0.29) is 36.4 Å². The van der Waals surface area contributed by atoms with Crippen LogP contribution in [0.2, 0.25) is 0 Å². The maximum Gasteiger partial charge on any atom is 0.255 e. The van der Waals surface area contributed by atoms with Crippen molar-refractivity contribution in [2.45, 2.75) is 58.0 Å². The van der Waals surface area contributed by atoms with E-state index in [1.807, 2.05) is 6.92 Å². The summed E-state index contributed by atoms with van der Waals surface area (Å²) in [6.45, 7) is 4.52. The molecule has 2 fully saturated rings. The minimum Gasteiger partial charge on any atom is -0.493 e. The van der Waals surface area contributed by atoms with Gasteiger partial charge in [-0.3, -0.25) is 9.59 Å². The molecule has 0 saturated heterocycles. The lowest BCUT2D eigenvalue weighted by atomic mass is 9.82. The topological polar surface area (TPSA) is 118 Å². The van der Waals surface area contributed by atoms with Gasteiger partial charge in [0.1, 0.15) is 35.7 Å². The number of aromatic nitrogens is 3. The number of nitrogens with zero attached hydrogens (tertiary/aromatic N) is 2. The van der Waals surface area contributed by atoms with Crippen molar-refractivity contribution >= 4 is 22.8 Å². The molecule has 9 nitrogen and oxygen atoms in total. The molecular formula is C28H34FN5O4. The van der Waals surface area contributed by atoms with Crippen LogP contribution in [0.1, 0.15) is 55.1 Å².